The second-order valence-corrected chi connectivity index (χ2v) is 3.29. The Morgan fingerprint density at radius 1 is 1.75 bits per heavy atom. The second-order valence-electron chi connectivity index (χ2n) is 3.29. The lowest BCUT2D eigenvalue weighted by atomic mass is 9.92. The largest absolute Gasteiger partial charge is 0.396 e. The van der Waals surface area contributed by atoms with Gasteiger partial charge in [0.25, 0.3) is 0 Å². The minimum Gasteiger partial charge on any atom is -0.396 e. The molecule has 70 valence electrons. The van der Waals surface area contributed by atoms with Crippen molar-refractivity contribution in [3.63, 3.8) is 0 Å². The summed E-state index contributed by atoms with van der Waals surface area (Å²) in [6, 6.07) is 0. The highest BCUT2D eigenvalue weighted by atomic mass is 16.5. The number of rotatable bonds is 3. The Morgan fingerprint density at radius 3 is 2.92 bits per heavy atom. The van der Waals surface area contributed by atoms with Gasteiger partial charge in [-0.1, -0.05) is 6.58 Å². The first kappa shape index (κ1) is 9.71. The summed E-state index contributed by atoms with van der Waals surface area (Å²) in [6.07, 6.45) is -0.0283. The van der Waals surface area contributed by atoms with Gasteiger partial charge in [-0.15, -0.1) is 0 Å². The van der Waals surface area contributed by atoms with Gasteiger partial charge in [-0.25, -0.2) is 0 Å². The molecule has 0 amide bonds. The van der Waals surface area contributed by atoms with Gasteiger partial charge in [0, 0.05) is 12.5 Å². The van der Waals surface area contributed by atoms with E-state index in [1.165, 1.54) is 0 Å². The standard InChI is InChI=1S/C9H16O3/c1-6-5-12-9(7(2)11)8(6)3-4-10/h7-11H,1,3-5H2,2H3. The minimum atomic E-state index is -0.485. The zero-order valence-electron chi connectivity index (χ0n) is 7.36. The van der Waals surface area contributed by atoms with Crippen molar-refractivity contribution in [2.75, 3.05) is 13.2 Å². The van der Waals surface area contributed by atoms with Crippen LogP contribution < -0.4 is 0 Å². The van der Waals surface area contributed by atoms with Crippen LogP contribution in [-0.2, 0) is 4.74 Å². The first-order chi connectivity index (χ1) is 5.66. The van der Waals surface area contributed by atoms with E-state index in [4.69, 9.17) is 9.84 Å². The van der Waals surface area contributed by atoms with Crippen LogP contribution in [0.1, 0.15) is 13.3 Å². The number of aliphatic hydroxyl groups is 2. The van der Waals surface area contributed by atoms with E-state index in [2.05, 4.69) is 6.58 Å². The van der Waals surface area contributed by atoms with Gasteiger partial charge in [-0.05, 0) is 18.9 Å². The Kier molecular flexibility index (Phi) is 3.26. The number of ether oxygens (including phenoxy) is 1. The predicted molar refractivity (Wildman–Crippen MR) is 45.8 cm³/mol. The van der Waals surface area contributed by atoms with Crippen molar-refractivity contribution in [1.29, 1.82) is 0 Å². The molecule has 1 heterocycles. The molecule has 1 saturated heterocycles. The van der Waals surface area contributed by atoms with Gasteiger partial charge in [0.2, 0.25) is 0 Å². The van der Waals surface area contributed by atoms with Crippen LogP contribution in [-0.4, -0.2) is 35.6 Å². The lowest BCUT2D eigenvalue weighted by molar-refractivity contribution is -0.0131. The van der Waals surface area contributed by atoms with Crippen LogP contribution in [0.3, 0.4) is 0 Å². The Morgan fingerprint density at radius 2 is 2.42 bits per heavy atom. The molecule has 3 unspecified atom stereocenters. The molecule has 12 heavy (non-hydrogen) atoms. The lowest BCUT2D eigenvalue weighted by Gasteiger charge is -2.20. The molecule has 1 aliphatic rings. The summed E-state index contributed by atoms with van der Waals surface area (Å²) >= 11 is 0. The van der Waals surface area contributed by atoms with Gasteiger partial charge in [0.1, 0.15) is 0 Å². The quantitative estimate of drug-likeness (QED) is 0.603. The molecule has 1 rings (SSSR count). The third-order valence-electron chi connectivity index (χ3n) is 2.30. The Labute approximate surface area is 72.7 Å². The van der Waals surface area contributed by atoms with E-state index in [0.29, 0.717) is 13.0 Å². The van der Waals surface area contributed by atoms with Crippen molar-refractivity contribution in [3.05, 3.63) is 12.2 Å². The molecule has 3 heteroatoms. The summed E-state index contributed by atoms with van der Waals surface area (Å²) in [5.41, 5.74) is 0.981. The normalized spacial score (nSPS) is 32.4. The third kappa shape index (κ3) is 1.86. The van der Waals surface area contributed by atoms with Crippen LogP contribution in [0, 0.1) is 5.92 Å². The van der Waals surface area contributed by atoms with Crippen molar-refractivity contribution in [2.45, 2.75) is 25.6 Å². The van der Waals surface area contributed by atoms with Gasteiger partial charge in [0.15, 0.2) is 0 Å². The molecule has 2 N–H and O–H groups in total. The van der Waals surface area contributed by atoms with Crippen LogP contribution in [0.5, 0.6) is 0 Å². The molecule has 3 nitrogen and oxygen atoms in total. The summed E-state index contributed by atoms with van der Waals surface area (Å²) < 4.78 is 5.33. The smallest absolute Gasteiger partial charge is 0.0902 e. The Balaban J connectivity index is 2.57. The van der Waals surface area contributed by atoms with E-state index in [-0.39, 0.29) is 18.6 Å². The molecular weight excluding hydrogens is 156 g/mol. The fraction of sp³-hybridized carbons (Fsp3) is 0.778. The molecule has 0 saturated carbocycles. The Hall–Kier alpha value is -0.380. The highest BCUT2D eigenvalue weighted by molar-refractivity contribution is 5.09. The van der Waals surface area contributed by atoms with E-state index in [9.17, 15) is 5.11 Å². The summed E-state index contributed by atoms with van der Waals surface area (Å²) in [5, 5.41) is 18.1. The lowest BCUT2D eigenvalue weighted by Crippen LogP contribution is -2.29. The highest BCUT2D eigenvalue weighted by Crippen LogP contribution is 2.29. The molecule has 0 aromatic rings. The molecule has 0 bridgehead atoms. The summed E-state index contributed by atoms with van der Waals surface area (Å²) in [5.74, 6) is 0.120. The van der Waals surface area contributed by atoms with Gasteiger partial charge in [-0.2, -0.15) is 0 Å². The SMILES string of the molecule is C=C1COC(C(C)O)C1CCO. The molecule has 0 aromatic carbocycles. The maximum atomic E-state index is 9.32. The predicted octanol–water partition coefficient (Wildman–Crippen LogP) is 0.321. The summed E-state index contributed by atoms with van der Waals surface area (Å²) in [4.78, 5) is 0. The van der Waals surface area contributed by atoms with E-state index in [1.54, 1.807) is 6.92 Å². The van der Waals surface area contributed by atoms with Crippen molar-refractivity contribution < 1.29 is 14.9 Å². The molecule has 0 aliphatic carbocycles. The van der Waals surface area contributed by atoms with Crippen LogP contribution in [0.2, 0.25) is 0 Å². The molecule has 0 spiro atoms. The molecule has 0 radical (unpaired) electrons. The summed E-state index contributed by atoms with van der Waals surface area (Å²) in [7, 11) is 0. The van der Waals surface area contributed by atoms with Gasteiger partial charge >= 0.3 is 0 Å². The molecular formula is C9H16O3. The van der Waals surface area contributed by atoms with Gasteiger partial charge in [-0.3, -0.25) is 0 Å². The Bertz CT molecular complexity index is 165. The fourth-order valence-corrected chi connectivity index (χ4v) is 1.64. The number of hydrogen-bond donors (Lipinski definition) is 2. The van der Waals surface area contributed by atoms with Crippen molar-refractivity contribution in [2.24, 2.45) is 5.92 Å². The fourth-order valence-electron chi connectivity index (χ4n) is 1.64. The molecule has 0 aromatic heterocycles. The number of hydrogen-bond acceptors (Lipinski definition) is 3. The number of aliphatic hydroxyl groups excluding tert-OH is 2. The van der Waals surface area contributed by atoms with Crippen molar-refractivity contribution in [1.82, 2.24) is 0 Å². The van der Waals surface area contributed by atoms with Crippen molar-refractivity contribution >= 4 is 0 Å². The van der Waals surface area contributed by atoms with E-state index in [1.807, 2.05) is 0 Å². The van der Waals surface area contributed by atoms with Crippen LogP contribution >= 0.6 is 0 Å². The third-order valence-corrected chi connectivity index (χ3v) is 2.30. The van der Waals surface area contributed by atoms with Gasteiger partial charge in [0.05, 0.1) is 18.8 Å². The second kappa shape index (κ2) is 4.03. The maximum absolute atomic E-state index is 9.32. The van der Waals surface area contributed by atoms with Crippen LogP contribution in [0.15, 0.2) is 12.2 Å². The van der Waals surface area contributed by atoms with E-state index in [0.717, 1.165) is 5.57 Å². The van der Waals surface area contributed by atoms with E-state index >= 15 is 0 Å². The van der Waals surface area contributed by atoms with Gasteiger partial charge < -0.3 is 14.9 Å². The maximum Gasteiger partial charge on any atom is 0.0902 e. The first-order valence-electron chi connectivity index (χ1n) is 4.25. The summed E-state index contributed by atoms with van der Waals surface area (Å²) in [6.45, 7) is 6.18. The highest BCUT2D eigenvalue weighted by Gasteiger charge is 2.33. The topological polar surface area (TPSA) is 49.7 Å². The molecule has 1 aliphatic heterocycles. The molecule has 1 fully saturated rings. The monoisotopic (exact) mass is 172 g/mol. The molecule has 3 atom stereocenters. The first-order valence-corrected chi connectivity index (χ1v) is 4.25. The average Bonchev–Trinajstić information content (AvgIpc) is 2.34. The zero-order valence-corrected chi connectivity index (χ0v) is 7.36. The van der Waals surface area contributed by atoms with Crippen molar-refractivity contribution in [3.8, 4) is 0 Å². The van der Waals surface area contributed by atoms with E-state index < -0.39 is 6.10 Å². The van der Waals surface area contributed by atoms with Crippen LogP contribution in [0.4, 0.5) is 0 Å². The average molecular weight is 172 g/mol. The minimum absolute atomic E-state index is 0.120. The van der Waals surface area contributed by atoms with Crippen LogP contribution in [0.25, 0.3) is 0 Å². The zero-order chi connectivity index (χ0) is 9.14.